The number of rotatable bonds is 10. The van der Waals surface area contributed by atoms with Gasteiger partial charge in [0.1, 0.15) is 25.0 Å². The van der Waals surface area contributed by atoms with Crippen LogP contribution in [0.5, 0.6) is 0 Å². The van der Waals surface area contributed by atoms with Crippen LogP contribution in [0.25, 0.3) is 0 Å². The molecule has 1 heterocycles. The first-order valence-corrected chi connectivity index (χ1v) is 13.2. The molecule has 10 heteroatoms. The van der Waals surface area contributed by atoms with Crippen LogP contribution < -0.4 is 9.88 Å². The van der Waals surface area contributed by atoms with Crippen LogP contribution in [0.3, 0.4) is 0 Å². The van der Waals surface area contributed by atoms with E-state index < -0.39 is 6.10 Å². The Kier molecular flexibility index (Phi) is 9.77. The first-order chi connectivity index (χ1) is 17.8. The Morgan fingerprint density at radius 3 is 2.35 bits per heavy atom. The van der Waals surface area contributed by atoms with Gasteiger partial charge in [-0.05, 0) is 41.5 Å². The van der Waals surface area contributed by atoms with Crippen molar-refractivity contribution in [3.63, 3.8) is 0 Å². The number of nitrogens with zero attached hydrogens (tertiary/aromatic N) is 2. The quantitative estimate of drug-likeness (QED) is 0.195. The lowest BCUT2D eigenvalue weighted by molar-refractivity contribution is -0.684. The van der Waals surface area contributed by atoms with Gasteiger partial charge in [-0.15, -0.1) is 0 Å². The average molecular weight is 599 g/mol. The number of aromatic nitrogens is 2. The van der Waals surface area contributed by atoms with Gasteiger partial charge in [0, 0.05) is 37.2 Å². The highest BCUT2D eigenvalue weighted by Crippen LogP contribution is 2.31. The molecule has 0 bridgehead atoms. The third kappa shape index (κ3) is 7.87. The fraction of sp³-hybridized carbons (Fsp3) is 0.185. The van der Waals surface area contributed by atoms with E-state index in [1.807, 2.05) is 53.6 Å². The first-order valence-electron chi connectivity index (χ1n) is 11.3. The summed E-state index contributed by atoms with van der Waals surface area (Å²) in [6.07, 6.45) is 5.12. The molecule has 1 aromatic heterocycles. The number of ether oxygens (including phenoxy) is 1. The molecule has 0 spiro atoms. The highest BCUT2D eigenvalue weighted by Gasteiger charge is 2.21. The maximum absolute atomic E-state index is 12.5. The van der Waals surface area contributed by atoms with Gasteiger partial charge < -0.3 is 10.1 Å². The van der Waals surface area contributed by atoms with Crippen LogP contribution >= 0.6 is 58.0 Å². The third-order valence-electron chi connectivity index (χ3n) is 5.65. The molecular weight excluding hydrogens is 576 g/mol. The summed E-state index contributed by atoms with van der Waals surface area (Å²) in [7, 11) is 0. The lowest BCUT2D eigenvalue weighted by atomic mass is 10.1. The molecule has 1 unspecified atom stereocenters. The minimum atomic E-state index is -0.411. The number of imidazole rings is 1. The maximum atomic E-state index is 12.5. The molecule has 1 N–H and O–H groups in total. The summed E-state index contributed by atoms with van der Waals surface area (Å²) >= 11 is 31.1. The summed E-state index contributed by atoms with van der Waals surface area (Å²) in [5, 5.41) is 5.63. The van der Waals surface area contributed by atoms with Crippen molar-refractivity contribution < 1.29 is 14.1 Å². The van der Waals surface area contributed by atoms with Gasteiger partial charge in [0.15, 0.2) is 6.54 Å². The molecule has 0 aliphatic rings. The highest BCUT2D eigenvalue weighted by atomic mass is 35.5. The normalized spacial score (nSPS) is 11.9. The Labute approximate surface area is 240 Å². The summed E-state index contributed by atoms with van der Waals surface area (Å²) in [6, 6.07) is 18.0. The summed E-state index contributed by atoms with van der Waals surface area (Å²) in [4.78, 5) is 12.5. The number of benzene rings is 3. The van der Waals surface area contributed by atoms with Crippen LogP contribution in [-0.2, 0) is 35.8 Å². The maximum Gasteiger partial charge on any atom is 0.262 e. The molecule has 1 amide bonds. The van der Waals surface area contributed by atoms with Crippen molar-refractivity contribution in [1.82, 2.24) is 9.88 Å². The fourth-order valence-corrected chi connectivity index (χ4v) is 4.92. The fourth-order valence-electron chi connectivity index (χ4n) is 3.72. The highest BCUT2D eigenvalue weighted by molar-refractivity contribution is 6.35. The average Bonchev–Trinajstić information content (AvgIpc) is 3.29. The van der Waals surface area contributed by atoms with Crippen molar-refractivity contribution in [2.24, 2.45) is 0 Å². The number of hydrogen-bond acceptors (Lipinski definition) is 2. The molecular formula is C27H23Cl5N3O2+. The monoisotopic (exact) mass is 596 g/mol. The van der Waals surface area contributed by atoms with E-state index in [4.69, 9.17) is 62.7 Å². The topological polar surface area (TPSA) is 47.1 Å². The second-order valence-corrected chi connectivity index (χ2v) is 10.4. The summed E-state index contributed by atoms with van der Waals surface area (Å²) in [5.74, 6) is -0.131. The zero-order valence-electron chi connectivity index (χ0n) is 19.5. The molecule has 4 aromatic rings. The molecule has 3 aromatic carbocycles. The molecule has 192 valence electrons. The van der Waals surface area contributed by atoms with Crippen LogP contribution in [-0.4, -0.2) is 10.5 Å². The minimum absolute atomic E-state index is 0.131. The summed E-state index contributed by atoms with van der Waals surface area (Å²) < 4.78 is 9.99. The van der Waals surface area contributed by atoms with Crippen molar-refractivity contribution in [3.8, 4) is 0 Å². The van der Waals surface area contributed by atoms with E-state index in [0.717, 1.165) is 16.7 Å². The second kappa shape index (κ2) is 13.0. The largest absolute Gasteiger partial charge is 0.365 e. The van der Waals surface area contributed by atoms with E-state index in [2.05, 4.69) is 5.32 Å². The molecule has 0 fully saturated rings. The van der Waals surface area contributed by atoms with Gasteiger partial charge in [0.05, 0.1) is 6.61 Å². The number of hydrogen-bond donors (Lipinski definition) is 1. The van der Waals surface area contributed by atoms with E-state index >= 15 is 0 Å². The first kappa shape index (κ1) is 27.8. The van der Waals surface area contributed by atoms with E-state index in [9.17, 15) is 4.79 Å². The molecule has 4 rings (SSSR count). The van der Waals surface area contributed by atoms with Crippen LogP contribution in [0.15, 0.2) is 79.4 Å². The Morgan fingerprint density at radius 1 is 0.892 bits per heavy atom. The van der Waals surface area contributed by atoms with E-state index in [1.54, 1.807) is 34.9 Å². The van der Waals surface area contributed by atoms with Gasteiger partial charge >= 0.3 is 0 Å². The van der Waals surface area contributed by atoms with Gasteiger partial charge in [0.25, 0.3) is 5.91 Å². The van der Waals surface area contributed by atoms with Gasteiger partial charge in [0.2, 0.25) is 6.33 Å². The standard InChI is InChI=1S/C27H22Cl5N3O2/c28-20-6-5-19(24(31)11-20)16-37-26(22-8-7-21(29)12-25(22)32)14-34-9-10-35(17-34)15-27(36)33-13-18-3-1-2-4-23(18)30/h1-12,17,26H,13-16H2/p+1. The zero-order chi connectivity index (χ0) is 26.4. The number of carbonyl (C=O) groups excluding carboxylic acids is 1. The number of carbonyl (C=O) groups is 1. The molecule has 0 aliphatic heterocycles. The Hall–Kier alpha value is -2.25. The zero-order valence-corrected chi connectivity index (χ0v) is 23.3. The Bertz CT molecular complexity index is 1390. The van der Waals surface area contributed by atoms with Crippen molar-refractivity contribution in [2.45, 2.75) is 32.3 Å². The molecule has 0 radical (unpaired) electrons. The van der Waals surface area contributed by atoms with Crippen molar-refractivity contribution >= 4 is 63.9 Å². The van der Waals surface area contributed by atoms with Crippen molar-refractivity contribution in [2.75, 3.05) is 0 Å². The molecule has 0 aliphatic carbocycles. The molecule has 0 saturated carbocycles. The van der Waals surface area contributed by atoms with Crippen molar-refractivity contribution in [3.05, 3.63) is 121 Å². The third-order valence-corrected chi connectivity index (χ3v) is 7.17. The van der Waals surface area contributed by atoms with Gasteiger partial charge in [-0.3, -0.25) is 4.79 Å². The number of halogens is 5. The lowest BCUT2D eigenvalue weighted by Crippen LogP contribution is -2.41. The predicted octanol–water partition coefficient (Wildman–Crippen LogP) is 7.32. The van der Waals surface area contributed by atoms with Gasteiger partial charge in [-0.2, -0.15) is 0 Å². The smallest absolute Gasteiger partial charge is 0.262 e. The minimum Gasteiger partial charge on any atom is -0.365 e. The summed E-state index contributed by atoms with van der Waals surface area (Å²) in [5.41, 5.74) is 2.45. The van der Waals surface area contributed by atoms with Crippen LogP contribution in [0.4, 0.5) is 0 Å². The second-order valence-electron chi connectivity index (χ2n) is 8.35. The summed E-state index contributed by atoms with van der Waals surface area (Å²) in [6.45, 7) is 1.22. The Morgan fingerprint density at radius 2 is 1.62 bits per heavy atom. The van der Waals surface area contributed by atoms with E-state index in [-0.39, 0.29) is 19.1 Å². The molecule has 37 heavy (non-hydrogen) atoms. The van der Waals surface area contributed by atoms with E-state index in [0.29, 0.717) is 38.2 Å². The van der Waals surface area contributed by atoms with Crippen LogP contribution in [0.1, 0.15) is 22.8 Å². The van der Waals surface area contributed by atoms with Crippen LogP contribution in [0.2, 0.25) is 25.1 Å². The molecule has 1 atom stereocenters. The predicted molar refractivity (Wildman–Crippen MR) is 148 cm³/mol. The van der Waals surface area contributed by atoms with E-state index in [1.165, 1.54) is 0 Å². The molecule has 5 nitrogen and oxygen atoms in total. The SMILES string of the molecule is O=C(C[n+]1ccn(CC(OCc2ccc(Cl)cc2Cl)c2ccc(Cl)cc2Cl)c1)NCc1ccccc1Cl. The van der Waals surface area contributed by atoms with Crippen LogP contribution in [0, 0.1) is 0 Å². The van der Waals surface area contributed by atoms with Crippen molar-refractivity contribution in [1.29, 1.82) is 0 Å². The van der Waals surface area contributed by atoms with Gasteiger partial charge in [-0.25, -0.2) is 9.13 Å². The number of nitrogens with one attached hydrogen (secondary N) is 1. The van der Waals surface area contributed by atoms with Gasteiger partial charge in [-0.1, -0.05) is 88.3 Å². The lowest BCUT2D eigenvalue weighted by Gasteiger charge is -2.19. The number of amides is 1. The molecule has 0 saturated heterocycles. The Balaban J connectivity index is 1.43.